The molecule has 0 aliphatic carbocycles. The monoisotopic (exact) mass is 247 g/mol. The molecule has 0 bridgehead atoms. The molecule has 0 atom stereocenters. The van der Waals surface area contributed by atoms with Gasteiger partial charge in [0.25, 0.3) is 0 Å². The normalized spacial score (nSPS) is 15.2. The lowest BCUT2D eigenvalue weighted by atomic mass is 10.0. The van der Waals surface area contributed by atoms with Crippen LogP contribution in [-0.2, 0) is 13.0 Å². The van der Waals surface area contributed by atoms with E-state index in [9.17, 15) is 0 Å². The summed E-state index contributed by atoms with van der Waals surface area (Å²) in [5.41, 5.74) is 4.97. The Morgan fingerprint density at radius 2 is 2.17 bits per heavy atom. The third kappa shape index (κ3) is 3.33. The predicted octanol–water partition coefficient (Wildman–Crippen LogP) is 3.45. The second-order valence-corrected chi connectivity index (χ2v) is 4.02. The van der Waals surface area contributed by atoms with Crippen LogP contribution in [0.15, 0.2) is 18.2 Å². The van der Waals surface area contributed by atoms with Crippen LogP contribution < -0.4 is 5.32 Å². The summed E-state index contributed by atoms with van der Waals surface area (Å²) in [6.07, 6.45) is 8.52. The molecule has 1 aliphatic heterocycles. The van der Waals surface area contributed by atoms with E-state index in [1.807, 2.05) is 20.8 Å². The summed E-state index contributed by atoms with van der Waals surface area (Å²) < 4.78 is 0. The minimum atomic E-state index is 0.930. The van der Waals surface area contributed by atoms with Gasteiger partial charge in [-0.15, -0.1) is 0 Å². The van der Waals surface area contributed by atoms with Gasteiger partial charge in [0.2, 0.25) is 0 Å². The lowest BCUT2D eigenvalue weighted by Gasteiger charge is -2.13. The van der Waals surface area contributed by atoms with Crippen molar-refractivity contribution in [1.82, 2.24) is 15.5 Å². The van der Waals surface area contributed by atoms with Gasteiger partial charge in [-0.3, -0.25) is 5.10 Å². The molecule has 0 radical (unpaired) electrons. The van der Waals surface area contributed by atoms with E-state index in [2.05, 4.69) is 40.7 Å². The van der Waals surface area contributed by atoms with Crippen molar-refractivity contribution in [2.45, 2.75) is 47.1 Å². The quantitative estimate of drug-likeness (QED) is 0.803. The predicted molar refractivity (Wildman–Crippen MR) is 78.4 cm³/mol. The third-order valence-corrected chi connectivity index (χ3v) is 2.85. The van der Waals surface area contributed by atoms with Crippen LogP contribution in [0, 0.1) is 0 Å². The zero-order valence-corrected chi connectivity index (χ0v) is 12.0. The molecule has 100 valence electrons. The van der Waals surface area contributed by atoms with Crippen LogP contribution in [0.2, 0.25) is 0 Å². The SMILES string of the molecule is C/C=C\C(=C/CC)c1n[nH]c2c1CNCC2.CC. The molecule has 0 saturated heterocycles. The molecule has 3 heteroatoms. The minimum absolute atomic E-state index is 0.930. The van der Waals surface area contributed by atoms with Crippen LogP contribution in [0.3, 0.4) is 0 Å². The Labute approximate surface area is 110 Å². The van der Waals surface area contributed by atoms with E-state index < -0.39 is 0 Å². The van der Waals surface area contributed by atoms with Crippen LogP contribution in [0.1, 0.15) is 51.1 Å². The fourth-order valence-electron chi connectivity index (χ4n) is 2.11. The van der Waals surface area contributed by atoms with Gasteiger partial charge in [0.1, 0.15) is 0 Å². The van der Waals surface area contributed by atoms with Gasteiger partial charge in [-0.05, 0) is 18.9 Å². The number of fused-ring (bicyclic) bond motifs is 1. The molecule has 1 aromatic rings. The number of hydrogen-bond donors (Lipinski definition) is 2. The highest BCUT2D eigenvalue weighted by Gasteiger charge is 2.17. The summed E-state index contributed by atoms with van der Waals surface area (Å²) >= 11 is 0. The minimum Gasteiger partial charge on any atom is -0.312 e. The molecule has 0 unspecified atom stereocenters. The van der Waals surface area contributed by atoms with Gasteiger partial charge in [-0.25, -0.2) is 0 Å². The number of aromatic nitrogens is 2. The van der Waals surface area contributed by atoms with Gasteiger partial charge >= 0.3 is 0 Å². The summed E-state index contributed by atoms with van der Waals surface area (Å²) in [7, 11) is 0. The van der Waals surface area contributed by atoms with E-state index in [1.54, 1.807) is 0 Å². The molecule has 2 rings (SSSR count). The fourth-order valence-corrected chi connectivity index (χ4v) is 2.11. The number of rotatable bonds is 3. The summed E-state index contributed by atoms with van der Waals surface area (Å²) in [6, 6.07) is 0. The molecule has 1 aromatic heterocycles. The topological polar surface area (TPSA) is 40.7 Å². The zero-order valence-electron chi connectivity index (χ0n) is 12.0. The van der Waals surface area contributed by atoms with E-state index in [0.717, 1.165) is 31.6 Å². The molecule has 2 N–H and O–H groups in total. The number of aromatic amines is 1. The van der Waals surface area contributed by atoms with Crippen LogP contribution in [0.5, 0.6) is 0 Å². The molecule has 0 saturated carbocycles. The molecule has 0 spiro atoms. The highest BCUT2D eigenvalue weighted by Crippen LogP contribution is 2.23. The van der Waals surface area contributed by atoms with Gasteiger partial charge < -0.3 is 5.32 Å². The van der Waals surface area contributed by atoms with Crippen molar-refractivity contribution < 1.29 is 0 Å². The Morgan fingerprint density at radius 1 is 1.39 bits per heavy atom. The second kappa shape index (κ2) is 7.88. The van der Waals surface area contributed by atoms with Crippen LogP contribution in [0.4, 0.5) is 0 Å². The molecule has 2 heterocycles. The Hall–Kier alpha value is -1.35. The van der Waals surface area contributed by atoms with Crippen molar-refractivity contribution in [3.05, 3.63) is 35.2 Å². The summed E-state index contributed by atoms with van der Waals surface area (Å²) in [6.45, 7) is 10.2. The summed E-state index contributed by atoms with van der Waals surface area (Å²) in [5.74, 6) is 0. The first-order chi connectivity index (χ1) is 8.86. The standard InChI is InChI=1S/C13H19N3.C2H6/c1-3-5-10(6-4-2)13-11-9-14-8-7-12(11)15-16-13;1-2/h3,5-6,14H,4,7-9H2,1-2H3,(H,15,16);1-2H3/b5-3-,10-6+;. The Kier molecular flexibility index (Phi) is 6.44. The Morgan fingerprint density at radius 3 is 2.83 bits per heavy atom. The molecule has 3 nitrogen and oxygen atoms in total. The van der Waals surface area contributed by atoms with Crippen LogP contribution in [-0.4, -0.2) is 16.7 Å². The van der Waals surface area contributed by atoms with Gasteiger partial charge in [0, 0.05) is 30.8 Å². The maximum absolute atomic E-state index is 4.45. The van der Waals surface area contributed by atoms with E-state index in [4.69, 9.17) is 0 Å². The van der Waals surface area contributed by atoms with E-state index in [-0.39, 0.29) is 0 Å². The van der Waals surface area contributed by atoms with Gasteiger partial charge in [-0.1, -0.05) is 39.0 Å². The summed E-state index contributed by atoms with van der Waals surface area (Å²) in [4.78, 5) is 0. The van der Waals surface area contributed by atoms with Crippen LogP contribution >= 0.6 is 0 Å². The molecular formula is C15H25N3. The Bertz CT molecular complexity index is 413. The van der Waals surface area contributed by atoms with Crippen molar-refractivity contribution in [1.29, 1.82) is 0 Å². The summed E-state index contributed by atoms with van der Waals surface area (Å²) in [5, 5.41) is 11.0. The van der Waals surface area contributed by atoms with Crippen molar-refractivity contribution in [3.63, 3.8) is 0 Å². The molecule has 1 aliphatic rings. The van der Waals surface area contributed by atoms with E-state index in [1.165, 1.54) is 16.8 Å². The molecule has 18 heavy (non-hydrogen) atoms. The average molecular weight is 247 g/mol. The van der Waals surface area contributed by atoms with Crippen molar-refractivity contribution in [3.8, 4) is 0 Å². The molecular weight excluding hydrogens is 222 g/mol. The lowest BCUT2D eigenvalue weighted by molar-refractivity contribution is 0.636. The molecule has 0 amide bonds. The van der Waals surface area contributed by atoms with Gasteiger partial charge in [-0.2, -0.15) is 5.10 Å². The highest BCUT2D eigenvalue weighted by atomic mass is 15.1. The number of allylic oxidation sites excluding steroid dienone is 4. The fraction of sp³-hybridized carbons (Fsp3) is 0.533. The highest BCUT2D eigenvalue weighted by molar-refractivity contribution is 5.74. The molecule has 0 aromatic carbocycles. The van der Waals surface area contributed by atoms with E-state index >= 15 is 0 Å². The Balaban J connectivity index is 0.000000771. The maximum Gasteiger partial charge on any atom is 0.0965 e. The van der Waals surface area contributed by atoms with Gasteiger partial charge in [0.05, 0.1) is 5.69 Å². The second-order valence-electron chi connectivity index (χ2n) is 4.02. The first kappa shape index (κ1) is 14.7. The number of hydrogen-bond acceptors (Lipinski definition) is 2. The van der Waals surface area contributed by atoms with Crippen LogP contribution in [0.25, 0.3) is 5.57 Å². The number of nitrogens with zero attached hydrogens (tertiary/aromatic N) is 1. The van der Waals surface area contributed by atoms with Crippen molar-refractivity contribution >= 4 is 5.57 Å². The first-order valence-corrected chi connectivity index (χ1v) is 6.96. The van der Waals surface area contributed by atoms with Crippen molar-refractivity contribution in [2.75, 3.05) is 6.54 Å². The zero-order chi connectivity index (χ0) is 13.4. The molecule has 0 fully saturated rings. The average Bonchev–Trinajstić information content (AvgIpc) is 2.85. The maximum atomic E-state index is 4.45. The number of H-pyrrole nitrogens is 1. The number of nitrogens with one attached hydrogen (secondary N) is 2. The lowest BCUT2D eigenvalue weighted by Crippen LogP contribution is -2.23. The van der Waals surface area contributed by atoms with Crippen molar-refractivity contribution in [2.24, 2.45) is 0 Å². The largest absolute Gasteiger partial charge is 0.312 e. The first-order valence-electron chi connectivity index (χ1n) is 6.96. The third-order valence-electron chi connectivity index (χ3n) is 2.85. The van der Waals surface area contributed by atoms with E-state index in [0.29, 0.717) is 0 Å². The smallest absolute Gasteiger partial charge is 0.0965 e. The van der Waals surface area contributed by atoms with Gasteiger partial charge in [0.15, 0.2) is 0 Å².